The van der Waals surface area contributed by atoms with Gasteiger partial charge in [0.15, 0.2) is 0 Å². The van der Waals surface area contributed by atoms with Crippen LogP contribution >= 0.6 is 0 Å². The minimum atomic E-state index is -0.458. The van der Waals surface area contributed by atoms with Gasteiger partial charge in [-0.15, -0.1) is 0 Å². The number of carbonyl (C=O) groups is 1. The van der Waals surface area contributed by atoms with Gasteiger partial charge in [0.2, 0.25) is 0 Å². The van der Waals surface area contributed by atoms with E-state index in [1.165, 1.54) is 6.07 Å². The molecule has 0 saturated heterocycles. The van der Waals surface area contributed by atoms with Crippen molar-refractivity contribution in [2.45, 2.75) is 20.3 Å². The van der Waals surface area contributed by atoms with Crippen molar-refractivity contribution in [1.82, 2.24) is 15.2 Å². The van der Waals surface area contributed by atoms with Gasteiger partial charge in [-0.3, -0.25) is 10.1 Å². The normalized spacial score (nSPS) is 11.0. The number of H-pyrrole nitrogens is 1. The minimum Gasteiger partial charge on any atom is -0.456 e. The highest BCUT2D eigenvalue weighted by atomic mass is 19.1. The molecule has 5 nitrogen and oxygen atoms in total. The predicted molar refractivity (Wildman–Crippen MR) is 105 cm³/mol. The number of carbonyl (C=O) groups excluding carboxylic acids is 1. The van der Waals surface area contributed by atoms with Gasteiger partial charge in [0, 0.05) is 35.3 Å². The maximum Gasteiger partial charge on any atom is 0.138 e. The number of benzene rings is 2. The first-order chi connectivity index (χ1) is 13.6. The number of hydrogen-bond donors (Lipinski definition) is 1. The third-order valence-corrected chi connectivity index (χ3v) is 4.71. The third kappa shape index (κ3) is 3.24. The number of ether oxygens (including phenoxy) is 1. The Hall–Kier alpha value is -3.54. The van der Waals surface area contributed by atoms with Crippen molar-refractivity contribution < 1.29 is 13.9 Å². The molecule has 0 saturated carbocycles. The Morgan fingerprint density at radius 1 is 1.14 bits per heavy atom. The number of hydrogen-bond acceptors (Lipinski definition) is 4. The van der Waals surface area contributed by atoms with E-state index < -0.39 is 5.82 Å². The van der Waals surface area contributed by atoms with Crippen molar-refractivity contribution in [1.29, 1.82) is 0 Å². The van der Waals surface area contributed by atoms with Crippen molar-refractivity contribution in [3.63, 3.8) is 0 Å². The molecule has 2 aromatic heterocycles. The number of rotatable bonds is 5. The fraction of sp³-hybridized carbons (Fsp3) is 0.136. The fourth-order valence-electron chi connectivity index (χ4n) is 3.22. The van der Waals surface area contributed by atoms with Gasteiger partial charge in [-0.1, -0.05) is 6.07 Å². The highest BCUT2D eigenvalue weighted by molar-refractivity contribution is 5.89. The van der Waals surface area contributed by atoms with Crippen LogP contribution in [0.1, 0.15) is 16.8 Å². The van der Waals surface area contributed by atoms with E-state index in [0.29, 0.717) is 23.3 Å². The second-order valence-corrected chi connectivity index (χ2v) is 6.63. The summed E-state index contributed by atoms with van der Waals surface area (Å²) in [6.07, 6.45) is 4.16. The smallest absolute Gasteiger partial charge is 0.138 e. The predicted octanol–water partition coefficient (Wildman–Crippen LogP) is 4.91. The van der Waals surface area contributed by atoms with E-state index in [0.717, 1.165) is 33.3 Å². The van der Waals surface area contributed by atoms with Gasteiger partial charge in [0.25, 0.3) is 0 Å². The van der Waals surface area contributed by atoms with E-state index >= 15 is 0 Å². The lowest BCUT2D eigenvalue weighted by atomic mass is 10.0. The number of nitrogens with zero attached hydrogens (tertiary/aromatic N) is 2. The summed E-state index contributed by atoms with van der Waals surface area (Å²) in [5.74, 6) is 0.531. The lowest BCUT2D eigenvalue weighted by molar-refractivity contribution is -0.107. The van der Waals surface area contributed by atoms with Crippen LogP contribution in [0.15, 0.2) is 48.8 Å². The molecule has 2 aromatic carbocycles. The van der Waals surface area contributed by atoms with Crippen molar-refractivity contribution in [3.8, 4) is 22.6 Å². The molecule has 0 radical (unpaired) electrons. The standard InChI is InChI=1S/C22H18FN3O2/c1-13-9-16(6-8-27)19(23)11-22(13)28-21-5-7-24-20-4-3-15(10-17(20)21)18-12-25-26-14(18)2/h3-5,7-12H,6H2,1-2H3,(H,25,26). The molecule has 0 aliphatic carbocycles. The molecule has 0 unspecified atom stereocenters. The van der Waals surface area contributed by atoms with Crippen LogP contribution in [0.2, 0.25) is 0 Å². The Bertz CT molecular complexity index is 1180. The topological polar surface area (TPSA) is 67.9 Å². The van der Waals surface area contributed by atoms with E-state index in [2.05, 4.69) is 15.2 Å². The van der Waals surface area contributed by atoms with Crippen molar-refractivity contribution >= 4 is 17.2 Å². The van der Waals surface area contributed by atoms with Gasteiger partial charge < -0.3 is 9.53 Å². The first-order valence-corrected chi connectivity index (χ1v) is 8.86. The Morgan fingerprint density at radius 3 is 2.75 bits per heavy atom. The Morgan fingerprint density at radius 2 is 2.00 bits per heavy atom. The summed E-state index contributed by atoms with van der Waals surface area (Å²) in [5.41, 5.74) is 4.84. The number of aromatic nitrogens is 3. The van der Waals surface area contributed by atoms with Crippen LogP contribution in [0.3, 0.4) is 0 Å². The lowest BCUT2D eigenvalue weighted by Crippen LogP contribution is -1.97. The number of fused-ring (bicyclic) bond motifs is 1. The zero-order valence-electron chi connectivity index (χ0n) is 15.5. The molecule has 140 valence electrons. The van der Waals surface area contributed by atoms with Gasteiger partial charge in [-0.05, 0) is 54.8 Å². The summed E-state index contributed by atoms with van der Waals surface area (Å²) in [4.78, 5) is 15.1. The average molecular weight is 375 g/mol. The van der Waals surface area contributed by atoms with Crippen LogP contribution < -0.4 is 4.74 Å². The molecule has 1 N–H and O–H groups in total. The zero-order valence-corrected chi connectivity index (χ0v) is 15.5. The van der Waals surface area contributed by atoms with Crippen LogP contribution in [0, 0.1) is 19.7 Å². The fourth-order valence-corrected chi connectivity index (χ4v) is 3.22. The van der Waals surface area contributed by atoms with E-state index in [4.69, 9.17) is 4.74 Å². The molecule has 0 amide bonds. The van der Waals surface area contributed by atoms with E-state index in [1.54, 1.807) is 24.5 Å². The van der Waals surface area contributed by atoms with Crippen LogP contribution in [0.25, 0.3) is 22.0 Å². The van der Waals surface area contributed by atoms with Crippen LogP contribution in [-0.2, 0) is 11.2 Å². The Kier molecular flexibility index (Phi) is 4.61. The first-order valence-electron chi connectivity index (χ1n) is 8.86. The van der Waals surface area contributed by atoms with Crippen molar-refractivity contribution in [2.75, 3.05) is 0 Å². The maximum atomic E-state index is 14.3. The van der Waals surface area contributed by atoms with Gasteiger partial charge in [0.05, 0.1) is 11.7 Å². The Balaban J connectivity index is 1.78. The molecule has 28 heavy (non-hydrogen) atoms. The number of aryl methyl sites for hydroxylation is 2. The molecular weight excluding hydrogens is 357 g/mol. The second kappa shape index (κ2) is 7.23. The molecule has 0 spiro atoms. The molecule has 6 heteroatoms. The molecule has 0 atom stereocenters. The first kappa shape index (κ1) is 17.9. The molecule has 4 rings (SSSR count). The summed E-state index contributed by atoms with van der Waals surface area (Å²) in [7, 11) is 0. The van der Waals surface area contributed by atoms with Crippen LogP contribution in [-0.4, -0.2) is 21.5 Å². The lowest BCUT2D eigenvalue weighted by Gasteiger charge is -2.13. The van der Waals surface area contributed by atoms with Gasteiger partial charge in [0.1, 0.15) is 23.6 Å². The number of nitrogens with one attached hydrogen (secondary N) is 1. The van der Waals surface area contributed by atoms with Gasteiger partial charge >= 0.3 is 0 Å². The second-order valence-electron chi connectivity index (χ2n) is 6.63. The van der Waals surface area contributed by atoms with Gasteiger partial charge in [-0.25, -0.2) is 4.39 Å². The van der Waals surface area contributed by atoms with Crippen molar-refractivity contribution in [3.05, 3.63) is 71.4 Å². The highest BCUT2D eigenvalue weighted by Crippen LogP contribution is 2.34. The summed E-state index contributed by atoms with van der Waals surface area (Å²) >= 11 is 0. The van der Waals surface area contributed by atoms with Gasteiger partial charge in [-0.2, -0.15) is 5.10 Å². The average Bonchev–Trinajstić information content (AvgIpc) is 3.12. The quantitative estimate of drug-likeness (QED) is 0.503. The maximum absolute atomic E-state index is 14.3. The minimum absolute atomic E-state index is 0.0402. The highest BCUT2D eigenvalue weighted by Gasteiger charge is 2.12. The van der Waals surface area contributed by atoms with E-state index in [-0.39, 0.29) is 6.42 Å². The number of aldehydes is 1. The summed E-state index contributed by atoms with van der Waals surface area (Å²) in [6, 6.07) is 10.6. The monoisotopic (exact) mass is 375 g/mol. The molecule has 0 fully saturated rings. The number of pyridine rings is 1. The molecular formula is C22H18FN3O2. The number of halogens is 1. The molecule has 0 bridgehead atoms. The number of aromatic amines is 1. The summed E-state index contributed by atoms with van der Waals surface area (Å²) in [5, 5.41) is 7.83. The third-order valence-electron chi connectivity index (χ3n) is 4.71. The van der Waals surface area contributed by atoms with Crippen molar-refractivity contribution in [2.24, 2.45) is 0 Å². The molecule has 2 heterocycles. The van der Waals surface area contributed by atoms with Crippen LogP contribution in [0.5, 0.6) is 11.5 Å². The largest absolute Gasteiger partial charge is 0.456 e. The van der Waals surface area contributed by atoms with E-state index in [9.17, 15) is 9.18 Å². The zero-order chi connectivity index (χ0) is 19.7. The molecule has 0 aliphatic heterocycles. The summed E-state index contributed by atoms with van der Waals surface area (Å²) in [6.45, 7) is 3.78. The molecule has 4 aromatic rings. The summed E-state index contributed by atoms with van der Waals surface area (Å²) < 4.78 is 20.3. The Labute approximate surface area is 161 Å². The van der Waals surface area contributed by atoms with E-state index in [1.807, 2.05) is 32.0 Å². The van der Waals surface area contributed by atoms with Crippen LogP contribution in [0.4, 0.5) is 4.39 Å². The molecule has 0 aliphatic rings. The SMILES string of the molecule is Cc1cc(CC=O)c(F)cc1Oc1ccnc2ccc(-c3cn[nH]c3C)cc12.